The second kappa shape index (κ2) is 9.08. The van der Waals surface area contributed by atoms with Crippen molar-refractivity contribution in [3.63, 3.8) is 0 Å². The van der Waals surface area contributed by atoms with Gasteiger partial charge in [0.15, 0.2) is 0 Å². The van der Waals surface area contributed by atoms with Crippen molar-refractivity contribution >= 4 is 11.7 Å². The number of carbonyl (C=O) groups excluding carboxylic acids is 1. The van der Waals surface area contributed by atoms with Crippen LogP contribution in [0.1, 0.15) is 17.5 Å². The van der Waals surface area contributed by atoms with Crippen molar-refractivity contribution in [2.45, 2.75) is 6.04 Å². The van der Waals surface area contributed by atoms with Crippen LogP contribution in [0.4, 0.5) is 14.9 Å². The molecule has 0 saturated carbocycles. The summed E-state index contributed by atoms with van der Waals surface area (Å²) in [7, 11) is 1.52. The number of benzene rings is 3. The number of nitrogens with one attached hydrogen (secondary N) is 2. The van der Waals surface area contributed by atoms with Gasteiger partial charge in [0.2, 0.25) is 11.8 Å². The standard InChI is InChI=1S/C23H19FN4O3/c1-30-19-10-6-5-9-18(19)25-23(29)26-20(15-11-13-17(24)14-12-15)22-28-27-21(31-22)16-7-3-2-4-8-16/h2-14,20H,1H3,(H2,25,26,29)/t20-/m0/s1. The SMILES string of the molecule is COc1ccccc1NC(=O)N[C@@H](c1ccc(F)cc1)c1nnc(-c2ccccc2)o1. The van der Waals surface area contributed by atoms with Crippen molar-refractivity contribution < 1.29 is 18.3 Å². The van der Waals surface area contributed by atoms with Gasteiger partial charge in [-0.05, 0) is 42.0 Å². The van der Waals surface area contributed by atoms with Crippen LogP contribution < -0.4 is 15.4 Å². The maximum atomic E-state index is 13.4. The minimum Gasteiger partial charge on any atom is -0.495 e. The van der Waals surface area contributed by atoms with Gasteiger partial charge in [-0.15, -0.1) is 10.2 Å². The van der Waals surface area contributed by atoms with Gasteiger partial charge in [-0.2, -0.15) is 0 Å². The largest absolute Gasteiger partial charge is 0.495 e. The minimum absolute atomic E-state index is 0.167. The van der Waals surface area contributed by atoms with Gasteiger partial charge in [0.05, 0.1) is 12.8 Å². The summed E-state index contributed by atoms with van der Waals surface area (Å²) in [5, 5.41) is 13.7. The maximum Gasteiger partial charge on any atom is 0.320 e. The molecule has 0 spiro atoms. The number of rotatable bonds is 6. The molecule has 4 rings (SSSR count). The van der Waals surface area contributed by atoms with Crippen molar-refractivity contribution in [1.29, 1.82) is 0 Å². The van der Waals surface area contributed by atoms with Crippen LogP contribution in [0, 0.1) is 5.82 Å². The molecule has 0 bridgehead atoms. The fourth-order valence-corrected chi connectivity index (χ4v) is 3.03. The lowest BCUT2D eigenvalue weighted by molar-refractivity contribution is 0.248. The second-order valence-electron chi connectivity index (χ2n) is 6.59. The molecule has 0 aliphatic rings. The monoisotopic (exact) mass is 418 g/mol. The number of ether oxygens (including phenoxy) is 1. The molecule has 0 unspecified atom stereocenters. The number of anilines is 1. The van der Waals surface area contributed by atoms with Gasteiger partial charge in [0, 0.05) is 5.56 Å². The number of carbonyl (C=O) groups is 1. The van der Waals surface area contributed by atoms with E-state index in [-0.39, 0.29) is 5.89 Å². The first kappa shape index (κ1) is 20.1. The van der Waals surface area contributed by atoms with Crippen LogP contribution in [0.5, 0.6) is 5.75 Å². The van der Waals surface area contributed by atoms with Crippen molar-refractivity contribution in [3.05, 3.63) is 96.1 Å². The van der Waals surface area contributed by atoms with Crippen molar-refractivity contribution in [3.8, 4) is 17.2 Å². The molecule has 4 aromatic rings. The fraction of sp³-hybridized carbons (Fsp3) is 0.0870. The van der Waals surface area contributed by atoms with Crippen LogP contribution in [-0.4, -0.2) is 23.3 Å². The van der Waals surface area contributed by atoms with Crippen LogP contribution in [0.3, 0.4) is 0 Å². The van der Waals surface area contributed by atoms with E-state index in [4.69, 9.17) is 9.15 Å². The van der Waals surface area contributed by atoms with Gasteiger partial charge >= 0.3 is 6.03 Å². The lowest BCUT2D eigenvalue weighted by atomic mass is 10.1. The Hall–Kier alpha value is -4.20. The highest BCUT2D eigenvalue weighted by atomic mass is 19.1. The Bertz CT molecular complexity index is 1160. The number of aromatic nitrogens is 2. The lowest BCUT2D eigenvalue weighted by Gasteiger charge is -2.17. The molecule has 8 heteroatoms. The van der Waals surface area contributed by atoms with Gasteiger partial charge in [-0.25, -0.2) is 9.18 Å². The van der Waals surface area contributed by atoms with E-state index in [0.29, 0.717) is 22.9 Å². The van der Waals surface area contributed by atoms with Crippen LogP contribution in [-0.2, 0) is 0 Å². The molecule has 31 heavy (non-hydrogen) atoms. The van der Waals surface area contributed by atoms with Gasteiger partial charge in [-0.1, -0.05) is 42.5 Å². The van der Waals surface area contributed by atoms with Crippen LogP contribution in [0.25, 0.3) is 11.5 Å². The molecule has 2 amide bonds. The highest BCUT2D eigenvalue weighted by Gasteiger charge is 2.24. The Morgan fingerprint density at radius 2 is 1.68 bits per heavy atom. The van der Waals surface area contributed by atoms with E-state index in [1.165, 1.54) is 19.2 Å². The molecule has 7 nitrogen and oxygen atoms in total. The second-order valence-corrected chi connectivity index (χ2v) is 6.59. The molecular formula is C23H19FN4O3. The number of nitrogens with zero attached hydrogens (tertiary/aromatic N) is 2. The molecule has 0 fully saturated rings. The average Bonchev–Trinajstić information content (AvgIpc) is 3.29. The summed E-state index contributed by atoms with van der Waals surface area (Å²) in [6.07, 6.45) is 0. The highest BCUT2D eigenvalue weighted by molar-refractivity contribution is 5.91. The summed E-state index contributed by atoms with van der Waals surface area (Å²) < 4.78 is 24.5. The Balaban J connectivity index is 1.61. The van der Waals surface area contributed by atoms with Crippen molar-refractivity contribution in [2.24, 2.45) is 0 Å². The Morgan fingerprint density at radius 3 is 2.42 bits per heavy atom. The zero-order chi connectivity index (χ0) is 21.6. The minimum atomic E-state index is -0.791. The Kier molecular flexibility index (Phi) is 5.89. The van der Waals surface area contributed by atoms with E-state index in [1.807, 2.05) is 30.3 Å². The smallest absolute Gasteiger partial charge is 0.320 e. The normalized spacial score (nSPS) is 11.5. The number of methoxy groups -OCH3 is 1. The number of halogens is 1. The third-order valence-electron chi connectivity index (χ3n) is 4.54. The molecule has 2 N–H and O–H groups in total. The number of urea groups is 1. The van der Waals surface area contributed by atoms with Gasteiger partial charge < -0.3 is 19.8 Å². The Morgan fingerprint density at radius 1 is 0.968 bits per heavy atom. The van der Waals surface area contributed by atoms with Crippen molar-refractivity contribution in [2.75, 3.05) is 12.4 Å². The number of amides is 2. The summed E-state index contributed by atoms with van der Waals surface area (Å²) >= 11 is 0. The maximum absolute atomic E-state index is 13.4. The lowest BCUT2D eigenvalue weighted by Crippen LogP contribution is -2.33. The zero-order valence-corrected chi connectivity index (χ0v) is 16.6. The molecule has 0 radical (unpaired) electrons. The molecule has 1 aromatic heterocycles. The first-order chi connectivity index (χ1) is 15.1. The molecular weight excluding hydrogens is 399 g/mol. The first-order valence-electron chi connectivity index (χ1n) is 9.49. The number of hydrogen-bond acceptors (Lipinski definition) is 5. The average molecular weight is 418 g/mol. The summed E-state index contributed by atoms with van der Waals surface area (Å²) in [5.41, 5.74) is 1.83. The van der Waals surface area contributed by atoms with Gasteiger partial charge in [0.1, 0.15) is 17.6 Å². The predicted molar refractivity (Wildman–Crippen MR) is 113 cm³/mol. The summed E-state index contributed by atoms with van der Waals surface area (Å²) in [6, 6.07) is 20.7. The van der Waals surface area contributed by atoms with E-state index in [2.05, 4.69) is 20.8 Å². The Labute approximate surface area is 177 Å². The van der Waals surface area contributed by atoms with E-state index < -0.39 is 17.9 Å². The summed E-state index contributed by atoms with van der Waals surface area (Å²) in [6.45, 7) is 0. The molecule has 156 valence electrons. The van der Waals surface area contributed by atoms with E-state index in [0.717, 1.165) is 5.56 Å². The predicted octanol–water partition coefficient (Wildman–Crippen LogP) is 4.80. The van der Waals surface area contributed by atoms with E-state index in [1.54, 1.807) is 36.4 Å². The molecule has 1 heterocycles. The summed E-state index contributed by atoms with van der Waals surface area (Å²) in [5.74, 6) is 0.604. The fourth-order valence-electron chi connectivity index (χ4n) is 3.03. The van der Waals surface area contributed by atoms with Gasteiger partial charge in [0.25, 0.3) is 0 Å². The van der Waals surface area contributed by atoms with E-state index >= 15 is 0 Å². The molecule has 0 aliphatic heterocycles. The highest BCUT2D eigenvalue weighted by Crippen LogP contribution is 2.27. The molecule has 0 aliphatic carbocycles. The zero-order valence-electron chi connectivity index (χ0n) is 16.6. The molecule has 3 aromatic carbocycles. The third-order valence-corrected chi connectivity index (χ3v) is 4.54. The number of para-hydroxylation sites is 2. The van der Waals surface area contributed by atoms with Crippen LogP contribution in [0.15, 0.2) is 83.3 Å². The summed E-state index contributed by atoms with van der Waals surface area (Å²) in [4.78, 5) is 12.7. The number of hydrogen-bond donors (Lipinski definition) is 2. The van der Waals surface area contributed by atoms with Crippen LogP contribution in [0.2, 0.25) is 0 Å². The molecule has 1 atom stereocenters. The first-order valence-corrected chi connectivity index (χ1v) is 9.49. The van der Waals surface area contributed by atoms with Gasteiger partial charge in [-0.3, -0.25) is 0 Å². The third kappa shape index (κ3) is 4.69. The topological polar surface area (TPSA) is 89.3 Å². The molecule has 0 saturated heterocycles. The van der Waals surface area contributed by atoms with E-state index in [9.17, 15) is 9.18 Å². The quantitative estimate of drug-likeness (QED) is 0.470. The van der Waals surface area contributed by atoms with Crippen molar-refractivity contribution in [1.82, 2.24) is 15.5 Å². The van der Waals surface area contributed by atoms with Crippen LogP contribution >= 0.6 is 0 Å².